The summed E-state index contributed by atoms with van der Waals surface area (Å²) < 4.78 is 0. The number of anilines is 1. The van der Waals surface area contributed by atoms with Gasteiger partial charge in [-0.2, -0.15) is 0 Å². The summed E-state index contributed by atoms with van der Waals surface area (Å²) in [6.45, 7) is 2.31. The van der Waals surface area contributed by atoms with Crippen LogP contribution in [0.5, 0.6) is 0 Å². The zero-order valence-electron chi connectivity index (χ0n) is 12.4. The zero-order valence-corrected chi connectivity index (χ0v) is 12.4. The van der Waals surface area contributed by atoms with Crippen molar-refractivity contribution in [3.63, 3.8) is 0 Å². The number of hydrogen-bond acceptors (Lipinski definition) is 2. The Bertz CT molecular complexity index is 559. The average molecular weight is 281 g/mol. The van der Waals surface area contributed by atoms with Gasteiger partial charge in [0.2, 0.25) is 0 Å². The van der Waals surface area contributed by atoms with Crippen LogP contribution in [0.15, 0.2) is 54.6 Å². The molecule has 2 aromatic carbocycles. The van der Waals surface area contributed by atoms with Crippen molar-refractivity contribution >= 4 is 5.69 Å². The molecular formula is C19H23NO. The quantitative estimate of drug-likeness (QED) is 0.925. The molecule has 0 bridgehead atoms. The number of aliphatic hydroxyl groups is 1. The van der Waals surface area contributed by atoms with Crippen molar-refractivity contribution in [3.8, 4) is 0 Å². The van der Waals surface area contributed by atoms with E-state index in [1.54, 1.807) is 0 Å². The molecule has 0 aromatic heterocycles. The highest BCUT2D eigenvalue weighted by atomic mass is 16.3. The summed E-state index contributed by atoms with van der Waals surface area (Å²) in [5.74, 6) is 0.782. The number of nitrogens with zero attached hydrogens (tertiary/aromatic N) is 1. The fourth-order valence-corrected chi connectivity index (χ4v) is 3.28. The molecule has 0 atom stereocenters. The van der Waals surface area contributed by atoms with E-state index in [1.807, 2.05) is 12.1 Å². The molecule has 0 unspecified atom stereocenters. The van der Waals surface area contributed by atoms with Gasteiger partial charge in [0.05, 0.1) is 6.61 Å². The van der Waals surface area contributed by atoms with Crippen LogP contribution in [0.3, 0.4) is 0 Å². The maximum atomic E-state index is 9.47. The number of piperidine rings is 1. The summed E-state index contributed by atoms with van der Waals surface area (Å²) in [6, 6.07) is 19.0. The van der Waals surface area contributed by atoms with Crippen molar-refractivity contribution in [2.75, 3.05) is 18.0 Å². The molecule has 21 heavy (non-hydrogen) atoms. The van der Waals surface area contributed by atoms with E-state index in [9.17, 15) is 5.11 Å². The Morgan fingerprint density at radius 2 is 1.57 bits per heavy atom. The molecule has 3 rings (SSSR count). The van der Waals surface area contributed by atoms with Crippen LogP contribution in [0.2, 0.25) is 0 Å². The average Bonchev–Trinajstić information content (AvgIpc) is 2.56. The normalized spacial score (nSPS) is 16.1. The van der Waals surface area contributed by atoms with Crippen molar-refractivity contribution in [2.24, 2.45) is 5.92 Å². The second-order valence-electron chi connectivity index (χ2n) is 5.91. The first kappa shape index (κ1) is 14.2. The van der Waals surface area contributed by atoms with Crippen LogP contribution in [-0.4, -0.2) is 18.2 Å². The smallest absolute Gasteiger partial charge is 0.0702 e. The number of rotatable bonds is 4. The van der Waals surface area contributed by atoms with Crippen LogP contribution in [0.4, 0.5) is 5.69 Å². The first-order valence-electron chi connectivity index (χ1n) is 7.84. The molecule has 1 N–H and O–H groups in total. The Kier molecular flexibility index (Phi) is 4.56. The van der Waals surface area contributed by atoms with Gasteiger partial charge in [0, 0.05) is 24.3 Å². The summed E-state index contributed by atoms with van der Waals surface area (Å²) in [7, 11) is 0. The van der Waals surface area contributed by atoms with Crippen LogP contribution >= 0.6 is 0 Å². The fourth-order valence-electron chi connectivity index (χ4n) is 3.28. The third kappa shape index (κ3) is 3.45. The topological polar surface area (TPSA) is 23.5 Å². The van der Waals surface area contributed by atoms with Gasteiger partial charge in [0.1, 0.15) is 0 Å². The second kappa shape index (κ2) is 6.77. The highest BCUT2D eigenvalue weighted by molar-refractivity contribution is 5.53. The maximum Gasteiger partial charge on any atom is 0.0702 e. The van der Waals surface area contributed by atoms with E-state index in [0.29, 0.717) is 0 Å². The monoisotopic (exact) mass is 281 g/mol. The van der Waals surface area contributed by atoms with Crippen LogP contribution < -0.4 is 4.90 Å². The number of aliphatic hydroxyl groups excluding tert-OH is 1. The lowest BCUT2D eigenvalue weighted by Gasteiger charge is -2.34. The van der Waals surface area contributed by atoms with Crippen LogP contribution in [-0.2, 0) is 13.0 Å². The molecule has 0 aliphatic carbocycles. The molecule has 0 spiro atoms. The highest BCUT2D eigenvalue weighted by Crippen LogP contribution is 2.28. The van der Waals surface area contributed by atoms with Crippen LogP contribution in [0, 0.1) is 5.92 Å². The minimum absolute atomic E-state index is 0.125. The minimum Gasteiger partial charge on any atom is -0.392 e. The SMILES string of the molecule is OCc1ccccc1N1CCC(Cc2ccccc2)CC1. The highest BCUT2D eigenvalue weighted by Gasteiger charge is 2.20. The molecule has 110 valence electrons. The molecule has 2 nitrogen and oxygen atoms in total. The van der Waals surface area contributed by atoms with Gasteiger partial charge in [-0.15, -0.1) is 0 Å². The van der Waals surface area contributed by atoms with Gasteiger partial charge >= 0.3 is 0 Å². The Morgan fingerprint density at radius 1 is 0.905 bits per heavy atom. The number of hydrogen-bond donors (Lipinski definition) is 1. The summed E-state index contributed by atoms with van der Waals surface area (Å²) in [5, 5.41) is 9.47. The van der Waals surface area contributed by atoms with Gasteiger partial charge < -0.3 is 10.0 Å². The van der Waals surface area contributed by atoms with Gasteiger partial charge in [-0.1, -0.05) is 48.5 Å². The van der Waals surface area contributed by atoms with Gasteiger partial charge in [-0.25, -0.2) is 0 Å². The maximum absolute atomic E-state index is 9.47. The molecule has 1 aliphatic rings. The van der Waals surface area contributed by atoms with Crippen molar-refractivity contribution < 1.29 is 5.11 Å². The predicted octanol–water partition coefficient (Wildman–Crippen LogP) is 3.64. The Hall–Kier alpha value is -1.80. The minimum atomic E-state index is 0.125. The lowest BCUT2D eigenvalue weighted by atomic mass is 9.90. The molecule has 1 heterocycles. The van der Waals surface area contributed by atoms with E-state index < -0.39 is 0 Å². The van der Waals surface area contributed by atoms with E-state index in [0.717, 1.165) is 24.6 Å². The molecule has 0 amide bonds. The molecule has 1 aliphatic heterocycles. The van der Waals surface area contributed by atoms with Gasteiger partial charge in [0.25, 0.3) is 0 Å². The largest absolute Gasteiger partial charge is 0.392 e. The molecule has 0 saturated carbocycles. The summed E-state index contributed by atoms with van der Waals surface area (Å²) in [5.41, 5.74) is 3.70. The van der Waals surface area contributed by atoms with Crippen molar-refractivity contribution in [1.82, 2.24) is 0 Å². The Balaban J connectivity index is 1.60. The standard InChI is InChI=1S/C19H23NO/c21-15-18-8-4-5-9-19(18)20-12-10-17(11-13-20)14-16-6-2-1-3-7-16/h1-9,17,21H,10-15H2. The van der Waals surface area contributed by atoms with E-state index in [-0.39, 0.29) is 6.61 Å². The lowest BCUT2D eigenvalue weighted by Crippen LogP contribution is -2.34. The van der Waals surface area contributed by atoms with Gasteiger partial charge in [-0.05, 0) is 36.8 Å². The molecule has 0 radical (unpaired) electrons. The van der Waals surface area contributed by atoms with Crippen molar-refractivity contribution in [3.05, 3.63) is 65.7 Å². The van der Waals surface area contributed by atoms with E-state index in [4.69, 9.17) is 0 Å². The summed E-state index contributed by atoms with van der Waals surface area (Å²) in [4.78, 5) is 2.42. The molecule has 2 aromatic rings. The summed E-state index contributed by atoms with van der Waals surface area (Å²) >= 11 is 0. The van der Waals surface area contributed by atoms with Gasteiger partial charge in [-0.3, -0.25) is 0 Å². The molecule has 1 fully saturated rings. The third-order valence-corrected chi connectivity index (χ3v) is 4.48. The zero-order chi connectivity index (χ0) is 14.5. The van der Waals surface area contributed by atoms with Gasteiger partial charge in [0.15, 0.2) is 0 Å². The van der Waals surface area contributed by atoms with Crippen molar-refractivity contribution in [2.45, 2.75) is 25.9 Å². The predicted molar refractivity (Wildman–Crippen MR) is 87.4 cm³/mol. The van der Waals surface area contributed by atoms with E-state index in [1.165, 1.54) is 30.5 Å². The molecule has 2 heteroatoms. The third-order valence-electron chi connectivity index (χ3n) is 4.48. The molecular weight excluding hydrogens is 258 g/mol. The number of benzene rings is 2. The first-order valence-corrected chi connectivity index (χ1v) is 7.84. The first-order chi connectivity index (χ1) is 10.4. The number of para-hydroxylation sites is 1. The van der Waals surface area contributed by atoms with Crippen molar-refractivity contribution in [1.29, 1.82) is 0 Å². The van der Waals surface area contributed by atoms with E-state index >= 15 is 0 Å². The summed E-state index contributed by atoms with van der Waals surface area (Å²) in [6.07, 6.45) is 3.65. The van der Waals surface area contributed by atoms with Crippen LogP contribution in [0.25, 0.3) is 0 Å². The van der Waals surface area contributed by atoms with E-state index in [2.05, 4.69) is 47.4 Å². The lowest BCUT2D eigenvalue weighted by molar-refractivity contribution is 0.281. The fraction of sp³-hybridized carbons (Fsp3) is 0.368. The Morgan fingerprint density at radius 3 is 2.29 bits per heavy atom. The molecule has 1 saturated heterocycles. The van der Waals surface area contributed by atoms with Crippen LogP contribution in [0.1, 0.15) is 24.0 Å². The Labute approximate surface area is 127 Å². The second-order valence-corrected chi connectivity index (χ2v) is 5.91.